The molecule has 0 unspecified atom stereocenters. The van der Waals surface area contributed by atoms with Gasteiger partial charge in [-0.2, -0.15) is 0 Å². The first kappa shape index (κ1) is 16.7. The summed E-state index contributed by atoms with van der Waals surface area (Å²) < 4.78 is 7.15. The first-order valence-electron chi connectivity index (χ1n) is 7.92. The van der Waals surface area contributed by atoms with Crippen LogP contribution in [0.5, 0.6) is 11.5 Å². The summed E-state index contributed by atoms with van der Waals surface area (Å²) >= 11 is 3.49. The van der Waals surface area contributed by atoms with Crippen LogP contribution < -0.4 is 4.74 Å². The number of para-hydroxylation sites is 1. The summed E-state index contributed by atoms with van der Waals surface area (Å²) in [6.07, 6.45) is 3.77. The van der Waals surface area contributed by atoms with Gasteiger partial charge in [-0.05, 0) is 41.3 Å². The molecule has 0 aliphatic rings. The number of aromatic nitrogens is 1. The molecule has 24 heavy (non-hydrogen) atoms. The van der Waals surface area contributed by atoms with Gasteiger partial charge in [0.1, 0.15) is 11.5 Å². The molecular weight excluding hydrogens is 362 g/mol. The van der Waals surface area contributed by atoms with Crippen molar-refractivity contribution in [2.24, 2.45) is 0 Å². The summed E-state index contributed by atoms with van der Waals surface area (Å²) in [4.78, 5) is 4.33. The minimum Gasteiger partial charge on any atom is -0.457 e. The smallest absolute Gasteiger partial charge is 0.135 e. The Bertz CT molecular complexity index is 852. The minimum atomic E-state index is 0.0289. The van der Waals surface area contributed by atoms with Gasteiger partial charge < -0.3 is 4.74 Å². The van der Waals surface area contributed by atoms with Crippen molar-refractivity contribution in [2.45, 2.75) is 26.2 Å². The van der Waals surface area contributed by atoms with Crippen LogP contribution in [-0.2, 0) is 5.41 Å². The van der Waals surface area contributed by atoms with Crippen molar-refractivity contribution in [3.8, 4) is 22.6 Å². The van der Waals surface area contributed by atoms with E-state index in [-0.39, 0.29) is 5.41 Å². The molecule has 0 saturated heterocycles. The molecule has 2 nitrogen and oxygen atoms in total. The molecule has 0 spiro atoms. The third-order valence-electron chi connectivity index (χ3n) is 3.83. The lowest BCUT2D eigenvalue weighted by Gasteiger charge is -2.23. The lowest BCUT2D eigenvalue weighted by atomic mass is 9.82. The van der Waals surface area contributed by atoms with Gasteiger partial charge in [0, 0.05) is 28.0 Å². The van der Waals surface area contributed by atoms with E-state index in [0.29, 0.717) is 0 Å². The monoisotopic (exact) mass is 381 g/mol. The molecule has 0 saturated carbocycles. The van der Waals surface area contributed by atoms with Crippen LogP contribution in [0.2, 0.25) is 0 Å². The molecule has 0 amide bonds. The number of hydrogen-bond acceptors (Lipinski definition) is 2. The van der Waals surface area contributed by atoms with Gasteiger partial charge in [0.05, 0.1) is 0 Å². The lowest BCUT2D eigenvalue weighted by Crippen LogP contribution is -2.13. The molecule has 0 aliphatic carbocycles. The molecule has 0 N–H and O–H groups in total. The first-order chi connectivity index (χ1) is 11.4. The fourth-order valence-electron chi connectivity index (χ4n) is 2.70. The number of pyridine rings is 1. The van der Waals surface area contributed by atoms with E-state index in [2.05, 4.69) is 53.8 Å². The van der Waals surface area contributed by atoms with Gasteiger partial charge in [0.15, 0.2) is 0 Å². The molecule has 3 rings (SSSR count). The molecule has 3 heteroatoms. The summed E-state index contributed by atoms with van der Waals surface area (Å²) in [6, 6.07) is 18.1. The number of ether oxygens (including phenoxy) is 1. The predicted molar refractivity (Wildman–Crippen MR) is 103 cm³/mol. The van der Waals surface area contributed by atoms with E-state index in [4.69, 9.17) is 4.74 Å². The second kappa shape index (κ2) is 6.78. The first-order valence-corrected chi connectivity index (χ1v) is 8.72. The van der Waals surface area contributed by atoms with E-state index >= 15 is 0 Å². The quantitative estimate of drug-likeness (QED) is 0.509. The minimum absolute atomic E-state index is 0.0289. The van der Waals surface area contributed by atoms with E-state index in [1.165, 1.54) is 5.56 Å². The van der Waals surface area contributed by atoms with Crippen molar-refractivity contribution < 1.29 is 4.74 Å². The van der Waals surface area contributed by atoms with Crippen LogP contribution in [0.15, 0.2) is 71.5 Å². The molecule has 0 bridgehead atoms. The SMILES string of the molecule is CC(C)(C)c1ccncc1-c1ccccc1Oc1cccc(Br)c1. The molecule has 1 aromatic heterocycles. The summed E-state index contributed by atoms with van der Waals surface area (Å²) in [5.41, 5.74) is 3.44. The summed E-state index contributed by atoms with van der Waals surface area (Å²) in [6.45, 7) is 6.64. The fraction of sp³-hybridized carbons (Fsp3) is 0.190. The second-order valence-electron chi connectivity index (χ2n) is 6.73. The summed E-state index contributed by atoms with van der Waals surface area (Å²) in [7, 11) is 0. The number of halogens is 1. The highest BCUT2D eigenvalue weighted by Crippen LogP contribution is 2.38. The van der Waals surface area contributed by atoms with Crippen molar-refractivity contribution in [1.82, 2.24) is 4.98 Å². The summed E-state index contributed by atoms with van der Waals surface area (Å²) in [5, 5.41) is 0. The highest BCUT2D eigenvalue weighted by molar-refractivity contribution is 9.10. The van der Waals surface area contributed by atoms with Crippen LogP contribution in [0, 0.1) is 0 Å². The third-order valence-corrected chi connectivity index (χ3v) is 4.32. The van der Waals surface area contributed by atoms with Gasteiger partial charge in [0.2, 0.25) is 0 Å². The maximum absolute atomic E-state index is 6.15. The van der Waals surface area contributed by atoms with E-state index in [1.807, 2.05) is 54.9 Å². The maximum Gasteiger partial charge on any atom is 0.135 e. The molecule has 0 atom stereocenters. The van der Waals surface area contributed by atoms with Crippen LogP contribution in [-0.4, -0.2) is 4.98 Å². The number of rotatable bonds is 3. The molecule has 0 radical (unpaired) electrons. The Balaban J connectivity index is 2.08. The molecule has 2 aromatic carbocycles. The van der Waals surface area contributed by atoms with Gasteiger partial charge >= 0.3 is 0 Å². The normalized spacial score (nSPS) is 11.3. The summed E-state index contributed by atoms with van der Waals surface area (Å²) in [5.74, 6) is 1.63. The Morgan fingerprint density at radius 3 is 2.46 bits per heavy atom. The van der Waals surface area contributed by atoms with Gasteiger partial charge in [-0.1, -0.05) is 61.0 Å². The molecule has 0 fully saturated rings. The van der Waals surface area contributed by atoms with Crippen LogP contribution in [0.3, 0.4) is 0 Å². The van der Waals surface area contributed by atoms with Crippen molar-refractivity contribution in [1.29, 1.82) is 0 Å². The lowest BCUT2D eigenvalue weighted by molar-refractivity contribution is 0.484. The Hall–Kier alpha value is -2.13. The van der Waals surface area contributed by atoms with Gasteiger partial charge in [-0.15, -0.1) is 0 Å². The second-order valence-corrected chi connectivity index (χ2v) is 7.64. The topological polar surface area (TPSA) is 22.1 Å². The average Bonchev–Trinajstić information content (AvgIpc) is 2.55. The Labute approximate surface area is 151 Å². The van der Waals surface area contributed by atoms with Gasteiger partial charge in [-0.3, -0.25) is 4.98 Å². The number of hydrogen-bond donors (Lipinski definition) is 0. The standard InChI is InChI=1S/C21H20BrNO/c1-21(2,3)19-11-12-23-14-18(19)17-9-4-5-10-20(17)24-16-8-6-7-15(22)13-16/h4-14H,1-3H3. The molecule has 0 aliphatic heterocycles. The van der Waals surface area contributed by atoms with E-state index in [9.17, 15) is 0 Å². The largest absolute Gasteiger partial charge is 0.457 e. The van der Waals surface area contributed by atoms with E-state index < -0.39 is 0 Å². The maximum atomic E-state index is 6.15. The molecule has 1 heterocycles. The van der Waals surface area contributed by atoms with Gasteiger partial charge in [-0.25, -0.2) is 0 Å². The molecule has 3 aromatic rings. The van der Waals surface area contributed by atoms with Crippen molar-refractivity contribution in [3.05, 3.63) is 77.0 Å². The third kappa shape index (κ3) is 3.68. The Morgan fingerprint density at radius 2 is 1.71 bits per heavy atom. The van der Waals surface area contributed by atoms with Crippen molar-refractivity contribution in [2.75, 3.05) is 0 Å². The highest BCUT2D eigenvalue weighted by atomic mass is 79.9. The zero-order valence-corrected chi connectivity index (χ0v) is 15.7. The highest BCUT2D eigenvalue weighted by Gasteiger charge is 2.20. The fourth-order valence-corrected chi connectivity index (χ4v) is 3.08. The zero-order chi connectivity index (χ0) is 17.2. The van der Waals surface area contributed by atoms with Gasteiger partial charge in [0.25, 0.3) is 0 Å². The number of benzene rings is 2. The Morgan fingerprint density at radius 1 is 0.917 bits per heavy atom. The zero-order valence-electron chi connectivity index (χ0n) is 14.1. The van der Waals surface area contributed by atoms with Crippen LogP contribution in [0.1, 0.15) is 26.3 Å². The van der Waals surface area contributed by atoms with Crippen LogP contribution in [0.4, 0.5) is 0 Å². The number of nitrogens with zero attached hydrogens (tertiary/aromatic N) is 1. The van der Waals surface area contributed by atoms with Crippen LogP contribution >= 0.6 is 15.9 Å². The average molecular weight is 382 g/mol. The van der Waals surface area contributed by atoms with E-state index in [0.717, 1.165) is 27.1 Å². The molecule has 122 valence electrons. The van der Waals surface area contributed by atoms with Crippen molar-refractivity contribution in [3.63, 3.8) is 0 Å². The predicted octanol–water partition coefficient (Wildman–Crippen LogP) is 6.60. The van der Waals surface area contributed by atoms with Crippen LogP contribution in [0.25, 0.3) is 11.1 Å². The van der Waals surface area contributed by atoms with Crippen molar-refractivity contribution >= 4 is 15.9 Å². The molecular formula is C21H20BrNO. The van der Waals surface area contributed by atoms with E-state index in [1.54, 1.807) is 0 Å². The Kier molecular flexibility index (Phi) is 4.72.